The van der Waals surface area contributed by atoms with Crippen LogP contribution in [0.5, 0.6) is 0 Å². The first-order valence-electron chi connectivity index (χ1n) is 10.3. The first-order chi connectivity index (χ1) is 13.7. The Morgan fingerprint density at radius 2 is 2.14 bits per heavy atom. The molecule has 0 aliphatic carbocycles. The van der Waals surface area contributed by atoms with Crippen molar-refractivity contribution in [1.29, 1.82) is 0 Å². The summed E-state index contributed by atoms with van der Waals surface area (Å²) < 4.78 is 11.4. The molecule has 0 aromatic heterocycles. The van der Waals surface area contributed by atoms with E-state index in [0.29, 0.717) is 24.5 Å². The molecule has 3 fully saturated rings. The van der Waals surface area contributed by atoms with Gasteiger partial charge >= 0.3 is 0 Å². The second kappa shape index (κ2) is 7.14. The second-order valence-electron chi connectivity index (χ2n) is 8.62. The number of amides is 1. The molecule has 2 bridgehead atoms. The summed E-state index contributed by atoms with van der Waals surface area (Å²) in [5.41, 5.74) is 1.35. The normalized spacial score (nSPS) is 31.4. The number of nitrogens with one attached hydrogen (secondary N) is 1. The van der Waals surface area contributed by atoms with E-state index >= 15 is 0 Å². The predicted molar refractivity (Wildman–Crippen MR) is 108 cm³/mol. The monoisotopic (exact) mass is 380 g/mol. The molecular weight excluding hydrogens is 352 g/mol. The molecule has 1 spiro atoms. The number of hydrogen-bond donors (Lipinski definition) is 1. The van der Waals surface area contributed by atoms with Gasteiger partial charge in [0, 0.05) is 45.1 Å². The van der Waals surface area contributed by atoms with Gasteiger partial charge in [-0.2, -0.15) is 0 Å². The molecule has 5 heteroatoms. The van der Waals surface area contributed by atoms with Gasteiger partial charge in [0.2, 0.25) is 5.91 Å². The molecule has 5 nitrogen and oxygen atoms in total. The number of carbonyl (C=O) groups excluding carboxylic acids is 1. The fourth-order valence-corrected chi connectivity index (χ4v) is 5.69. The summed E-state index contributed by atoms with van der Waals surface area (Å²) in [6.07, 6.45) is 2.57. The van der Waals surface area contributed by atoms with Crippen LogP contribution in [0.4, 0.5) is 0 Å². The van der Waals surface area contributed by atoms with E-state index in [4.69, 9.17) is 9.47 Å². The Morgan fingerprint density at radius 3 is 3.00 bits per heavy atom. The molecule has 0 unspecified atom stereocenters. The van der Waals surface area contributed by atoms with Crippen molar-refractivity contribution in [3.8, 4) is 0 Å². The van der Waals surface area contributed by atoms with Gasteiger partial charge in [0.15, 0.2) is 0 Å². The first-order valence-corrected chi connectivity index (χ1v) is 10.3. The molecule has 28 heavy (non-hydrogen) atoms. The molecule has 148 valence electrons. The number of benzene rings is 2. The van der Waals surface area contributed by atoms with Crippen LogP contribution >= 0.6 is 0 Å². The smallest absolute Gasteiger partial charge is 0.245 e. The van der Waals surface area contributed by atoms with Gasteiger partial charge in [0.25, 0.3) is 0 Å². The number of likely N-dealkylation sites (tertiary alicyclic amines) is 1. The number of hydrogen-bond acceptors (Lipinski definition) is 4. The van der Waals surface area contributed by atoms with Crippen LogP contribution in [0.2, 0.25) is 0 Å². The highest BCUT2D eigenvalue weighted by atomic mass is 16.5. The molecular formula is C23H28N2O3. The number of rotatable bonds is 6. The van der Waals surface area contributed by atoms with Crippen molar-refractivity contribution in [3.05, 3.63) is 48.0 Å². The van der Waals surface area contributed by atoms with Crippen molar-refractivity contribution in [2.45, 2.75) is 31.1 Å². The minimum Gasteiger partial charge on any atom is -0.375 e. The van der Waals surface area contributed by atoms with Gasteiger partial charge in [-0.05, 0) is 35.2 Å². The predicted octanol–water partition coefficient (Wildman–Crippen LogP) is 2.58. The van der Waals surface area contributed by atoms with Gasteiger partial charge in [0.05, 0.1) is 11.7 Å². The average molecular weight is 380 g/mol. The lowest BCUT2D eigenvalue weighted by Crippen LogP contribution is -2.42. The molecule has 1 N–H and O–H groups in total. The maximum atomic E-state index is 11.8. The largest absolute Gasteiger partial charge is 0.375 e. The number of nitrogens with zero attached hydrogens (tertiary/aromatic N) is 1. The van der Waals surface area contributed by atoms with Crippen molar-refractivity contribution in [3.63, 3.8) is 0 Å². The van der Waals surface area contributed by atoms with E-state index in [1.54, 1.807) is 7.11 Å². The average Bonchev–Trinajstić information content (AvgIpc) is 3.34. The number of methoxy groups -OCH3 is 1. The highest BCUT2D eigenvalue weighted by Gasteiger charge is 2.62. The van der Waals surface area contributed by atoms with E-state index in [0.717, 1.165) is 32.5 Å². The standard InChI is InChI=1S/C23H28N2O3/c1-27-14-22(26)24-11-19-20-13-25(15-23(20)9-8-21(19)28-23)12-16-6-7-17-4-2-3-5-18(17)10-16/h2-7,10,19-21H,8-9,11-15H2,1H3,(H,24,26)/t19-,20+,21+,23+/m0/s1. The summed E-state index contributed by atoms with van der Waals surface area (Å²) >= 11 is 0. The summed E-state index contributed by atoms with van der Waals surface area (Å²) in [4.78, 5) is 14.4. The topological polar surface area (TPSA) is 50.8 Å². The Morgan fingerprint density at radius 1 is 1.29 bits per heavy atom. The number of fused-ring (bicyclic) bond motifs is 2. The summed E-state index contributed by atoms with van der Waals surface area (Å²) in [5.74, 6) is 0.885. The van der Waals surface area contributed by atoms with Crippen LogP contribution in [0.15, 0.2) is 42.5 Å². The zero-order valence-corrected chi connectivity index (χ0v) is 16.4. The maximum Gasteiger partial charge on any atom is 0.245 e. The van der Waals surface area contributed by atoms with Crippen molar-refractivity contribution in [2.75, 3.05) is 33.4 Å². The molecule has 2 aromatic carbocycles. The lowest BCUT2D eigenvalue weighted by atomic mass is 9.73. The molecule has 5 rings (SSSR count). The quantitative estimate of drug-likeness (QED) is 0.837. The summed E-state index contributed by atoms with van der Waals surface area (Å²) in [5, 5.41) is 5.63. The van der Waals surface area contributed by atoms with Crippen molar-refractivity contribution in [2.24, 2.45) is 11.8 Å². The lowest BCUT2D eigenvalue weighted by molar-refractivity contribution is -0.125. The first kappa shape index (κ1) is 18.1. The van der Waals surface area contributed by atoms with Crippen molar-refractivity contribution in [1.82, 2.24) is 10.2 Å². The molecule has 3 saturated heterocycles. The van der Waals surface area contributed by atoms with E-state index in [-0.39, 0.29) is 18.1 Å². The lowest BCUT2D eigenvalue weighted by Gasteiger charge is -2.29. The van der Waals surface area contributed by atoms with Crippen LogP contribution < -0.4 is 5.32 Å². The Kier molecular flexibility index (Phi) is 4.62. The van der Waals surface area contributed by atoms with Crippen LogP contribution in [0.1, 0.15) is 18.4 Å². The Bertz CT molecular complexity index is 885. The number of carbonyl (C=O) groups is 1. The van der Waals surface area contributed by atoms with E-state index in [1.165, 1.54) is 16.3 Å². The van der Waals surface area contributed by atoms with Gasteiger partial charge in [-0.3, -0.25) is 9.69 Å². The van der Waals surface area contributed by atoms with Crippen LogP contribution in [-0.4, -0.2) is 55.9 Å². The van der Waals surface area contributed by atoms with E-state index in [2.05, 4.69) is 52.7 Å². The molecule has 3 aliphatic rings. The second-order valence-corrected chi connectivity index (χ2v) is 8.62. The van der Waals surface area contributed by atoms with Gasteiger partial charge < -0.3 is 14.8 Å². The molecule has 0 saturated carbocycles. The zero-order chi connectivity index (χ0) is 19.1. The molecule has 0 radical (unpaired) electrons. The molecule has 2 aromatic rings. The van der Waals surface area contributed by atoms with Crippen molar-refractivity contribution >= 4 is 16.7 Å². The molecule has 1 amide bonds. The third-order valence-corrected chi connectivity index (χ3v) is 6.88. The minimum atomic E-state index is -0.0367. The third kappa shape index (κ3) is 3.11. The fraction of sp³-hybridized carbons (Fsp3) is 0.522. The van der Waals surface area contributed by atoms with Gasteiger partial charge in [-0.25, -0.2) is 0 Å². The fourth-order valence-electron chi connectivity index (χ4n) is 5.69. The third-order valence-electron chi connectivity index (χ3n) is 6.88. The Hall–Kier alpha value is -1.95. The Balaban J connectivity index is 1.27. The van der Waals surface area contributed by atoms with E-state index in [9.17, 15) is 4.79 Å². The van der Waals surface area contributed by atoms with Crippen LogP contribution in [-0.2, 0) is 20.8 Å². The highest BCUT2D eigenvalue weighted by Crippen LogP contribution is 2.54. The zero-order valence-electron chi connectivity index (χ0n) is 16.4. The van der Waals surface area contributed by atoms with Crippen LogP contribution in [0.25, 0.3) is 10.8 Å². The maximum absolute atomic E-state index is 11.8. The summed E-state index contributed by atoms with van der Waals surface area (Å²) in [6.45, 7) is 3.84. The van der Waals surface area contributed by atoms with E-state index in [1.807, 2.05) is 0 Å². The Labute approximate surface area is 166 Å². The number of ether oxygens (including phenoxy) is 2. The van der Waals surface area contributed by atoms with Gasteiger partial charge in [-0.1, -0.05) is 36.4 Å². The molecule has 3 heterocycles. The van der Waals surface area contributed by atoms with Gasteiger partial charge in [-0.15, -0.1) is 0 Å². The summed E-state index contributed by atoms with van der Waals surface area (Å²) in [6, 6.07) is 15.3. The van der Waals surface area contributed by atoms with Gasteiger partial charge in [0.1, 0.15) is 6.61 Å². The molecule has 4 atom stereocenters. The molecule has 3 aliphatic heterocycles. The van der Waals surface area contributed by atoms with Crippen LogP contribution in [0.3, 0.4) is 0 Å². The minimum absolute atomic E-state index is 0.00182. The highest BCUT2D eigenvalue weighted by molar-refractivity contribution is 5.83. The van der Waals surface area contributed by atoms with E-state index < -0.39 is 0 Å². The van der Waals surface area contributed by atoms with Crippen LogP contribution in [0, 0.1) is 11.8 Å². The summed E-state index contributed by atoms with van der Waals surface area (Å²) in [7, 11) is 1.55. The van der Waals surface area contributed by atoms with Crippen molar-refractivity contribution < 1.29 is 14.3 Å². The SMILES string of the molecule is COCC(=O)NC[C@H]1[C@H]2CN(Cc3ccc4ccccc4c3)C[C@]23CC[C@H]1O3.